The first-order valence-corrected chi connectivity index (χ1v) is 9.65. The molecule has 1 fully saturated rings. The highest BCUT2D eigenvalue weighted by molar-refractivity contribution is 8.01. The summed E-state index contributed by atoms with van der Waals surface area (Å²) >= 11 is 3.39. The molecule has 0 saturated carbocycles. The first kappa shape index (κ1) is 18.1. The number of carbonyl (C=O) groups excluding carboxylic acids is 2. The molecule has 0 aliphatic carbocycles. The fraction of sp³-hybridized carbons (Fsp3) is 0.625. The molecule has 1 N–H and O–H groups in total. The van der Waals surface area contributed by atoms with Gasteiger partial charge in [-0.3, -0.25) is 4.79 Å². The number of thiophene rings is 1. The maximum atomic E-state index is 12.5. The van der Waals surface area contributed by atoms with E-state index in [-0.39, 0.29) is 28.6 Å². The van der Waals surface area contributed by atoms with Crippen molar-refractivity contribution in [3.05, 3.63) is 21.9 Å². The summed E-state index contributed by atoms with van der Waals surface area (Å²) < 4.78 is 0. The molecule has 1 aromatic heterocycles. The van der Waals surface area contributed by atoms with Gasteiger partial charge in [-0.05, 0) is 44.7 Å². The lowest BCUT2D eigenvalue weighted by atomic mass is 10.2. The monoisotopic (exact) mass is 355 g/mol. The lowest BCUT2D eigenvalue weighted by Gasteiger charge is -2.27. The van der Waals surface area contributed by atoms with Gasteiger partial charge >= 0.3 is 6.03 Å². The largest absolute Gasteiger partial charge is 0.336 e. The topological polar surface area (TPSA) is 52.7 Å². The van der Waals surface area contributed by atoms with E-state index in [0.29, 0.717) is 13.1 Å². The van der Waals surface area contributed by atoms with Crippen LogP contribution in [0.4, 0.5) is 4.79 Å². The third-order valence-corrected chi connectivity index (χ3v) is 6.39. The molecule has 1 aliphatic heterocycles. The van der Waals surface area contributed by atoms with Crippen molar-refractivity contribution in [2.24, 2.45) is 0 Å². The number of hydrogen-bond donors (Lipinski definition) is 1. The zero-order valence-corrected chi connectivity index (χ0v) is 16.0. The molecule has 1 aliphatic rings. The van der Waals surface area contributed by atoms with Gasteiger partial charge in [0.15, 0.2) is 0 Å². The van der Waals surface area contributed by atoms with Crippen LogP contribution >= 0.6 is 23.1 Å². The van der Waals surface area contributed by atoms with Gasteiger partial charge in [-0.15, -0.1) is 23.1 Å². The average molecular weight is 356 g/mol. The zero-order valence-electron chi connectivity index (χ0n) is 14.3. The summed E-state index contributed by atoms with van der Waals surface area (Å²) in [4.78, 5) is 29.2. The van der Waals surface area contributed by atoms with Crippen LogP contribution in [0.5, 0.6) is 0 Å². The molecular weight excluding hydrogens is 330 g/mol. The third kappa shape index (κ3) is 4.20. The molecular formula is C16H25N3O2S2. The van der Waals surface area contributed by atoms with E-state index in [9.17, 15) is 9.59 Å². The summed E-state index contributed by atoms with van der Waals surface area (Å²) in [6, 6.07) is 2.10. The van der Waals surface area contributed by atoms with Crippen molar-refractivity contribution < 1.29 is 9.59 Å². The van der Waals surface area contributed by atoms with Crippen molar-refractivity contribution in [3.63, 3.8) is 0 Å². The number of aryl methyl sites for hydroxylation is 1. The lowest BCUT2D eigenvalue weighted by molar-refractivity contribution is -0.129. The lowest BCUT2D eigenvalue weighted by Crippen LogP contribution is -2.44. The molecule has 23 heavy (non-hydrogen) atoms. The van der Waals surface area contributed by atoms with E-state index in [1.807, 2.05) is 25.7 Å². The molecule has 128 valence electrons. The number of urea groups is 1. The van der Waals surface area contributed by atoms with Gasteiger partial charge in [0, 0.05) is 31.1 Å². The van der Waals surface area contributed by atoms with Crippen LogP contribution in [0.1, 0.15) is 36.6 Å². The number of carbonyl (C=O) groups is 2. The van der Waals surface area contributed by atoms with Gasteiger partial charge < -0.3 is 15.1 Å². The molecule has 1 aromatic rings. The molecule has 2 rings (SSSR count). The van der Waals surface area contributed by atoms with Crippen LogP contribution in [0.2, 0.25) is 0 Å². The summed E-state index contributed by atoms with van der Waals surface area (Å²) in [7, 11) is 1.76. The Kier molecular flexibility index (Phi) is 5.97. The van der Waals surface area contributed by atoms with E-state index < -0.39 is 0 Å². The molecule has 0 spiro atoms. The zero-order chi connectivity index (χ0) is 17.1. The van der Waals surface area contributed by atoms with Gasteiger partial charge in [-0.2, -0.15) is 0 Å². The van der Waals surface area contributed by atoms with Crippen LogP contribution < -0.4 is 5.32 Å². The highest BCUT2D eigenvalue weighted by Gasteiger charge is 2.39. The average Bonchev–Trinajstić information content (AvgIpc) is 3.01. The van der Waals surface area contributed by atoms with Crippen molar-refractivity contribution in [1.29, 1.82) is 0 Å². The Hall–Kier alpha value is -1.21. The summed E-state index contributed by atoms with van der Waals surface area (Å²) in [5, 5.41) is 4.97. The van der Waals surface area contributed by atoms with Crippen LogP contribution in [0.15, 0.2) is 11.4 Å². The Labute approximate surface area is 146 Å². The number of thioether (sulfide) groups is 1. The number of likely N-dealkylation sites (N-methyl/N-ethyl adjacent to an activating group) is 1. The fourth-order valence-electron chi connectivity index (χ4n) is 2.46. The van der Waals surface area contributed by atoms with Crippen LogP contribution in [-0.4, -0.2) is 53.2 Å². The van der Waals surface area contributed by atoms with Gasteiger partial charge in [0.1, 0.15) is 5.37 Å². The maximum Gasteiger partial charge on any atom is 0.317 e. The van der Waals surface area contributed by atoms with Gasteiger partial charge in [-0.25, -0.2) is 4.79 Å². The van der Waals surface area contributed by atoms with Gasteiger partial charge in [-0.1, -0.05) is 0 Å². The van der Waals surface area contributed by atoms with Crippen molar-refractivity contribution in [3.8, 4) is 0 Å². The molecule has 0 bridgehead atoms. The quantitative estimate of drug-likeness (QED) is 0.883. The number of hydrogen-bond acceptors (Lipinski definition) is 4. The van der Waals surface area contributed by atoms with Crippen LogP contribution in [0.25, 0.3) is 0 Å². The molecule has 2 atom stereocenters. The third-order valence-electron chi connectivity index (χ3n) is 3.81. The van der Waals surface area contributed by atoms with Crippen LogP contribution in [-0.2, 0) is 4.79 Å². The predicted octanol–water partition coefficient (Wildman–Crippen LogP) is 3.07. The maximum absolute atomic E-state index is 12.5. The number of rotatable bonds is 5. The second kappa shape index (κ2) is 7.57. The molecule has 0 aromatic carbocycles. The standard InChI is InChI=1S/C16H25N3O2S2/c1-10(2)17-16(21)18(5)7-8-19-14(20)12(4)23-15(19)13-11(3)6-9-22-13/h6,9-10,12,15H,7-8H2,1-5H3,(H,17,21)/t12-,15-/m1/s1. The first-order valence-electron chi connectivity index (χ1n) is 7.82. The van der Waals surface area contributed by atoms with E-state index in [1.165, 1.54) is 10.4 Å². The number of nitrogens with zero attached hydrogens (tertiary/aromatic N) is 2. The summed E-state index contributed by atoms with van der Waals surface area (Å²) in [5.74, 6) is 0.158. The van der Waals surface area contributed by atoms with Crippen molar-refractivity contribution >= 4 is 35.0 Å². The Bertz CT molecular complexity index is 573. The van der Waals surface area contributed by atoms with Crippen LogP contribution in [0, 0.1) is 6.92 Å². The normalized spacial score (nSPS) is 21.1. The van der Waals surface area contributed by atoms with Crippen molar-refractivity contribution in [2.45, 2.75) is 44.4 Å². The Morgan fingerprint density at radius 3 is 2.74 bits per heavy atom. The molecule has 0 unspecified atom stereocenters. The number of amides is 3. The molecule has 3 amide bonds. The minimum atomic E-state index is -0.101. The Balaban J connectivity index is 2.03. The summed E-state index contributed by atoms with van der Waals surface area (Å²) in [6.07, 6.45) is 0. The van der Waals surface area contributed by atoms with E-state index in [1.54, 1.807) is 35.0 Å². The van der Waals surface area contributed by atoms with Crippen molar-refractivity contribution in [2.75, 3.05) is 20.1 Å². The minimum absolute atomic E-state index is 0.0312. The Morgan fingerprint density at radius 2 is 2.17 bits per heavy atom. The SMILES string of the molecule is Cc1ccsc1[C@H]1S[C@H](C)C(=O)N1CCN(C)C(=O)NC(C)C. The smallest absolute Gasteiger partial charge is 0.317 e. The van der Waals surface area contributed by atoms with E-state index in [2.05, 4.69) is 23.7 Å². The highest BCUT2D eigenvalue weighted by atomic mass is 32.2. The van der Waals surface area contributed by atoms with Gasteiger partial charge in [0.25, 0.3) is 0 Å². The molecule has 7 heteroatoms. The molecule has 0 radical (unpaired) electrons. The van der Waals surface area contributed by atoms with Gasteiger partial charge in [0.05, 0.1) is 5.25 Å². The van der Waals surface area contributed by atoms with E-state index in [0.717, 1.165) is 0 Å². The first-order chi connectivity index (χ1) is 10.8. The predicted molar refractivity (Wildman–Crippen MR) is 96.9 cm³/mol. The van der Waals surface area contributed by atoms with E-state index >= 15 is 0 Å². The summed E-state index contributed by atoms with van der Waals surface area (Å²) in [6.45, 7) is 8.99. The molecule has 5 nitrogen and oxygen atoms in total. The van der Waals surface area contributed by atoms with Gasteiger partial charge in [0.2, 0.25) is 5.91 Å². The minimum Gasteiger partial charge on any atom is -0.336 e. The fourth-order valence-corrected chi connectivity index (χ4v) is 5.01. The van der Waals surface area contributed by atoms with E-state index in [4.69, 9.17) is 0 Å². The molecule has 2 heterocycles. The summed E-state index contributed by atoms with van der Waals surface area (Å²) in [5.41, 5.74) is 1.23. The number of nitrogens with one attached hydrogen (secondary N) is 1. The molecule has 1 saturated heterocycles. The highest BCUT2D eigenvalue weighted by Crippen LogP contribution is 2.45. The van der Waals surface area contributed by atoms with Crippen molar-refractivity contribution in [1.82, 2.24) is 15.1 Å². The van der Waals surface area contributed by atoms with Crippen LogP contribution in [0.3, 0.4) is 0 Å². The Morgan fingerprint density at radius 1 is 1.48 bits per heavy atom. The second-order valence-corrected chi connectivity index (χ2v) is 8.53. The second-order valence-electron chi connectivity index (χ2n) is 6.16.